The Morgan fingerprint density at radius 2 is 1.74 bits per heavy atom. The van der Waals surface area contributed by atoms with Gasteiger partial charge in [-0.05, 0) is 48.7 Å². The van der Waals surface area contributed by atoms with Crippen LogP contribution >= 0.6 is 0 Å². The number of sulfonamides is 1. The van der Waals surface area contributed by atoms with Crippen LogP contribution in [0.25, 0.3) is 0 Å². The highest BCUT2D eigenvalue weighted by atomic mass is 32.2. The first-order valence-corrected chi connectivity index (χ1v) is 10.3. The van der Waals surface area contributed by atoms with E-state index in [1.165, 1.54) is 0 Å². The first-order chi connectivity index (χ1) is 12.9. The lowest BCUT2D eigenvalue weighted by atomic mass is 9.93. The topological polar surface area (TPSA) is 55.8 Å². The molecule has 0 amide bonds. The van der Waals surface area contributed by atoms with Gasteiger partial charge in [-0.25, -0.2) is 8.42 Å². The van der Waals surface area contributed by atoms with Gasteiger partial charge in [-0.2, -0.15) is 4.31 Å². The van der Waals surface area contributed by atoms with Gasteiger partial charge in [-0.3, -0.25) is 0 Å². The molecule has 0 saturated heterocycles. The molecule has 0 aromatic heterocycles. The molecular formula is C21H25NO4S. The van der Waals surface area contributed by atoms with Gasteiger partial charge in [-0.15, -0.1) is 6.58 Å². The molecule has 1 aliphatic heterocycles. The Bertz CT molecular complexity index is 935. The van der Waals surface area contributed by atoms with E-state index >= 15 is 0 Å². The summed E-state index contributed by atoms with van der Waals surface area (Å²) in [6, 6.07) is 10.8. The number of nitrogens with zero attached hydrogens (tertiary/aromatic N) is 1. The number of fused-ring (bicyclic) bond motifs is 1. The highest BCUT2D eigenvalue weighted by Gasteiger charge is 2.31. The summed E-state index contributed by atoms with van der Waals surface area (Å²) < 4.78 is 38.7. The van der Waals surface area contributed by atoms with Crippen LogP contribution in [0.4, 0.5) is 0 Å². The van der Waals surface area contributed by atoms with Crippen molar-refractivity contribution in [3.05, 3.63) is 65.7 Å². The second-order valence-corrected chi connectivity index (χ2v) is 8.61. The molecule has 6 heteroatoms. The first-order valence-electron chi connectivity index (χ1n) is 8.85. The molecule has 2 aromatic carbocycles. The third-order valence-electron chi connectivity index (χ3n) is 5.02. The van der Waals surface area contributed by atoms with E-state index in [0.717, 1.165) is 16.7 Å². The van der Waals surface area contributed by atoms with Gasteiger partial charge in [0, 0.05) is 19.0 Å². The monoisotopic (exact) mass is 387 g/mol. The maximum atomic E-state index is 13.2. The molecule has 0 fully saturated rings. The predicted octanol–water partition coefficient (Wildman–Crippen LogP) is 3.53. The predicted molar refractivity (Wildman–Crippen MR) is 106 cm³/mol. The lowest BCUT2D eigenvalue weighted by Crippen LogP contribution is -2.34. The normalized spacial score (nSPS) is 17.7. The lowest BCUT2D eigenvalue weighted by Gasteiger charge is -2.23. The summed E-state index contributed by atoms with van der Waals surface area (Å²) in [5, 5.41) is 0. The number of rotatable bonds is 5. The summed E-state index contributed by atoms with van der Waals surface area (Å²) in [5.74, 6) is 1.16. The fourth-order valence-corrected chi connectivity index (χ4v) is 4.90. The van der Waals surface area contributed by atoms with Crippen LogP contribution in [0, 0.1) is 6.92 Å². The largest absolute Gasteiger partial charge is 0.493 e. The van der Waals surface area contributed by atoms with Gasteiger partial charge in [0.25, 0.3) is 0 Å². The van der Waals surface area contributed by atoms with Crippen molar-refractivity contribution >= 4 is 10.0 Å². The first kappa shape index (κ1) is 19.5. The zero-order valence-electron chi connectivity index (χ0n) is 15.9. The molecule has 0 N–H and O–H groups in total. The second-order valence-electron chi connectivity index (χ2n) is 6.67. The molecule has 0 aliphatic carbocycles. The summed E-state index contributed by atoms with van der Waals surface area (Å²) in [7, 11) is -0.379. The molecule has 0 saturated carbocycles. The molecule has 0 bridgehead atoms. The van der Waals surface area contributed by atoms with Crippen molar-refractivity contribution in [1.82, 2.24) is 4.31 Å². The van der Waals surface area contributed by atoms with Crippen LogP contribution in [0.2, 0.25) is 0 Å². The molecule has 27 heavy (non-hydrogen) atoms. The fraction of sp³-hybridized carbons (Fsp3) is 0.333. The molecule has 1 aliphatic rings. The smallest absolute Gasteiger partial charge is 0.243 e. The van der Waals surface area contributed by atoms with Crippen LogP contribution in [0.5, 0.6) is 11.5 Å². The molecule has 0 spiro atoms. The number of benzene rings is 2. The molecule has 1 heterocycles. The van der Waals surface area contributed by atoms with E-state index in [1.807, 2.05) is 31.2 Å². The fourth-order valence-electron chi connectivity index (χ4n) is 3.43. The van der Waals surface area contributed by atoms with Crippen LogP contribution in [0.3, 0.4) is 0 Å². The third-order valence-corrected chi connectivity index (χ3v) is 6.90. The van der Waals surface area contributed by atoms with E-state index < -0.39 is 10.0 Å². The molecule has 2 aromatic rings. The Morgan fingerprint density at radius 3 is 2.33 bits per heavy atom. The molecule has 3 rings (SSSR count). The Hall–Kier alpha value is -2.31. The van der Waals surface area contributed by atoms with Crippen molar-refractivity contribution in [3.63, 3.8) is 0 Å². The van der Waals surface area contributed by atoms with Crippen LogP contribution in [-0.4, -0.2) is 40.0 Å². The summed E-state index contributed by atoms with van der Waals surface area (Å²) in [6.07, 6.45) is 2.40. The summed E-state index contributed by atoms with van der Waals surface area (Å²) in [4.78, 5) is 0.317. The molecule has 1 atom stereocenters. The van der Waals surface area contributed by atoms with Crippen molar-refractivity contribution in [2.45, 2.75) is 24.2 Å². The zero-order chi connectivity index (χ0) is 19.6. The Labute approximate surface area is 161 Å². The number of aryl methyl sites for hydroxylation is 1. The van der Waals surface area contributed by atoms with E-state index in [1.54, 1.807) is 36.7 Å². The van der Waals surface area contributed by atoms with E-state index in [0.29, 0.717) is 35.9 Å². The van der Waals surface area contributed by atoms with Crippen LogP contribution in [0.1, 0.15) is 22.6 Å². The Morgan fingerprint density at radius 1 is 1.11 bits per heavy atom. The van der Waals surface area contributed by atoms with Gasteiger partial charge < -0.3 is 9.47 Å². The molecule has 0 unspecified atom stereocenters. The van der Waals surface area contributed by atoms with Crippen LogP contribution < -0.4 is 9.47 Å². The van der Waals surface area contributed by atoms with Crippen molar-refractivity contribution in [3.8, 4) is 11.5 Å². The van der Waals surface area contributed by atoms with Crippen molar-refractivity contribution < 1.29 is 17.9 Å². The summed E-state index contributed by atoms with van der Waals surface area (Å²) in [6.45, 7) is 6.62. The van der Waals surface area contributed by atoms with E-state index in [2.05, 4.69) is 6.58 Å². The third kappa shape index (κ3) is 3.73. The van der Waals surface area contributed by atoms with E-state index in [4.69, 9.17) is 9.47 Å². The van der Waals surface area contributed by atoms with E-state index in [-0.39, 0.29) is 5.92 Å². The van der Waals surface area contributed by atoms with Crippen molar-refractivity contribution in [2.75, 3.05) is 27.3 Å². The molecular weight excluding hydrogens is 362 g/mol. The Kier molecular flexibility index (Phi) is 5.58. The summed E-state index contributed by atoms with van der Waals surface area (Å²) in [5.41, 5.74) is 3.11. The number of hydrogen-bond acceptors (Lipinski definition) is 4. The van der Waals surface area contributed by atoms with Gasteiger partial charge in [-0.1, -0.05) is 23.8 Å². The van der Waals surface area contributed by atoms with Crippen molar-refractivity contribution in [2.24, 2.45) is 0 Å². The van der Waals surface area contributed by atoms with Gasteiger partial charge >= 0.3 is 0 Å². The Balaban J connectivity index is 1.99. The van der Waals surface area contributed by atoms with Gasteiger partial charge in [0.05, 0.1) is 19.1 Å². The molecule has 5 nitrogen and oxygen atoms in total. The zero-order valence-corrected chi connectivity index (χ0v) is 16.8. The van der Waals surface area contributed by atoms with Crippen LogP contribution in [0.15, 0.2) is 53.9 Å². The number of ether oxygens (including phenoxy) is 2. The maximum Gasteiger partial charge on any atom is 0.243 e. The standard InChI is InChI=1S/C21H25NO4S/c1-5-16-14-22(27(23,24)18-8-6-15(2)7-9-18)11-10-17-12-20(25-3)21(26-4)13-19(16)17/h5-9,12-13,16H,1,10-11,14H2,2-4H3/t16-/m1/s1. The average molecular weight is 388 g/mol. The highest BCUT2D eigenvalue weighted by Crippen LogP contribution is 2.37. The van der Waals surface area contributed by atoms with Crippen molar-refractivity contribution in [1.29, 1.82) is 0 Å². The summed E-state index contributed by atoms with van der Waals surface area (Å²) >= 11 is 0. The average Bonchev–Trinajstić information content (AvgIpc) is 2.86. The SMILES string of the molecule is C=C[C@@H]1CN(S(=O)(=O)c2ccc(C)cc2)CCc2cc(OC)c(OC)cc21. The minimum Gasteiger partial charge on any atom is -0.493 e. The number of methoxy groups -OCH3 is 2. The van der Waals surface area contributed by atoms with Gasteiger partial charge in [0.2, 0.25) is 10.0 Å². The van der Waals surface area contributed by atoms with E-state index in [9.17, 15) is 8.42 Å². The minimum atomic E-state index is -3.57. The van der Waals surface area contributed by atoms with Gasteiger partial charge in [0.15, 0.2) is 11.5 Å². The molecule has 0 radical (unpaired) electrons. The highest BCUT2D eigenvalue weighted by molar-refractivity contribution is 7.89. The maximum absolute atomic E-state index is 13.2. The van der Waals surface area contributed by atoms with Crippen LogP contribution in [-0.2, 0) is 16.4 Å². The van der Waals surface area contributed by atoms with Gasteiger partial charge in [0.1, 0.15) is 0 Å². The molecule has 144 valence electrons. The minimum absolute atomic E-state index is 0.123. The lowest BCUT2D eigenvalue weighted by molar-refractivity contribution is 0.354. The number of hydrogen-bond donors (Lipinski definition) is 0. The quantitative estimate of drug-likeness (QED) is 0.737. The second kappa shape index (κ2) is 7.74.